The highest BCUT2D eigenvalue weighted by atomic mass is 32.2. The van der Waals surface area contributed by atoms with E-state index in [0.717, 1.165) is 6.07 Å². The summed E-state index contributed by atoms with van der Waals surface area (Å²) in [4.78, 5) is 16.9. The van der Waals surface area contributed by atoms with Gasteiger partial charge in [0.1, 0.15) is 0 Å². The van der Waals surface area contributed by atoms with Gasteiger partial charge in [0.25, 0.3) is 10.0 Å². The molecule has 18 heavy (non-hydrogen) atoms. The Kier molecular flexibility index (Phi) is 3.02. The summed E-state index contributed by atoms with van der Waals surface area (Å²) in [6.45, 7) is 0. The fourth-order valence-electron chi connectivity index (χ4n) is 1.30. The van der Waals surface area contributed by atoms with E-state index in [9.17, 15) is 13.2 Å². The van der Waals surface area contributed by atoms with Crippen LogP contribution in [0.15, 0.2) is 41.6 Å². The van der Waals surface area contributed by atoms with Gasteiger partial charge in [-0.2, -0.15) is 0 Å². The molecule has 8 heteroatoms. The lowest BCUT2D eigenvalue weighted by Gasteiger charge is -2.05. The summed E-state index contributed by atoms with van der Waals surface area (Å²) < 4.78 is 26.0. The van der Waals surface area contributed by atoms with Crippen molar-refractivity contribution in [2.24, 2.45) is 0 Å². The number of aromatic amines is 1. The molecule has 2 rings (SSSR count). The molecule has 7 nitrogen and oxygen atoms in total. The number of carbonyl (C=O) groups is 1. The van der Waals surface area contributed by atoms with Crippen LogP contribution in [0, 0.1) is 0 Å². The van der Waals surface area contributed by atoms with Crippen LogP contribution in [0.25, 0.3) is 0 Å². The van der Waals surface area contributed by atoms with Gasteiger partial charge in [0.2, 0.25) is 5.95 Å². The summed E-state index contributed by atoms with van der Waals surface area (Å²) in [5.74, 6) is -1.12. The van der Waals surface area contributed by atoms with Crippen LogP contribution in [0.2, 0.25) is 0 Å². The highest BCUT2D eigenvalue weighted by Crippen LogP contribution is 2.14. The van der Waals surface area contributed by atoms with Crippen LogP contribution >= 0.6 is 0 Å². The predicted octanol–water partition coefficient (Wildman–Crippen LogP) is 0.909. The minimum atomic E-state index is -3.85. The van der Waals surface area contributed by atoms with Crippen molar-refractivity contribution in [2.75, 3.05) is 4.72 Å². The van der Waals surface area contributed by atoms with E-state index in [1.165, 1.54) is 30.6 Å². The second kappa shape index (κ2) is 4.49. The van der Waals surface area contributed by atoms with E-state index < -0.39 is 16.0 Å². The van der Waals surface area contributed by atoms with Crippen LogP contribution in [0.1, 0.15) is 10.4 Å². The van der Waals surface area contributed by atoms with Gasteiger partial charge in [0.15, 0.2) is 0 Å². The molecule has 0 unspecified atom stereocenters. The lowest BCUT2D eigenvalue weighted by atomic mass is 10.2. The van der Waals surface area contributed by atoms with E-state index in [-0.39, 0.29) is 16.4 Å². The van der Waals surface area contributed by atoms with Gasteiger partial charge >= 0.3 is 5.97 Å². The smallest absolute Gasteiger partial charge is 0.335 e. The molecule has 0 aliphatic carbocycles. The van der Waals surface area contributed by atoms with Gasteiger partial charge in [0, 0.05) is 12.4 Å². The minimum Gasteiger partial charge on any atom is -0.478 e. The Morgan fingerprint density at radius 2 is 2.17 bits per heavy atom. The van der Waals surface area contributed by atoms with Crippen molar-refractivity contribution in [3.8, 4) is 0 Å². The number of sulfonamides is 1. The maximum absolute atomic E-state index is 11.9. The van der Waals surface area contributed by atoms with Crippen LogP contribution < -0.4 is 4.72 Å². The summed E-state index contributed by atoms with van der Waals surface area (Å²) in [7, 11) is -3.85. The van der Waals surface area contributed by atoms with Gasteiger partial charge in [-0.25, -0.2) is 22.9 Å². The van der Waals surface area contributed by atoms with Crippen molar-refractivity contribution in [1.82, 2.24) is 9.97 Å². The standard InChI is InChI=1S/C10H9N3O4S/c14-9(15)7-2-1-3-8(6-7)18(16,17)13-10-11-4-5-12-10/h1-6H,(H,14,15)(H2,11,12,13). The molecule has 0 saturated carbocycles. The maximum Gasteiger partial charge on any atom is 0.335 e. The first kappa shape index (κ1) is 12.1. The van der Waals surface area contributed by atoms with Gasteiger partial charge in [-0.05, 0) is 18.2 Å². The van der Waals surface area contributed by atoms with Crippen molar-refractivity contribution >= 4 is 21.9 Å². The van der Waals surface area contributed by atoms with Crippen molar-refractivity contribution in [1.29, 1.82) is 0 Å². The highest BCUT2D eigenvalue weighted by Gasteiger charge is 2.16. The molecule has 0 saturated heterocycles. The third kappa shape index (κ3) is 2.48. The molecule has 0 aliphatic rings. The summed E-state index contributed by atoms with van der Waals surface area (Å²) in [5.41, 5.74) is -0.0997. The zero-order valence-corrected chi connectivity index (χ0v) is 9.81. The fourth-order valence-corrected chi connectivity index (χ4v) is 2.33. The highest BCUT2D eigenvalue weighted by molar-refractivity contribution is 7.92. The number of imidazole rings is 1. The Morgan fingerprint density at radius 1 is 1.39 bits per heavy atom. The number of aromatic carboxylic acids is 1. The molecule has 0 aliphatic heterocycles. The quantitative estimate of drug-likeness (QED) is 0.762. The Labute approximate surface area is 103 Å². The fraction of sp³-hybridized carbons (Fsp3) is 0. The first-order valence-electron chi connectivity index (χ1n) is 4.84. The van der Waals surface area contributed by atoms with Crippen molar-refractivity contribution in [3.05, 3.63) is 42.2 Å². The van der Waals surface area contributed by atoms with E-state index in [0.29, 0.717) is 0 Å². The van der Waals surface area contributed by atoms with Crippen LogP contribution in [-0.4, -0.2) is 29.5 Å². The third-order valence-electron chi connectivity index (χ3n) is 2.12. The lowest BCUT2D eigenvalue weighted by molar-refractivity contribution is 0.0696. The van der Waals surface area contributed by atoms with Crippen LogP contribution in [0.4, 0.5) is 5.95 Å². The van der Waals surface area contributed by atoms with E-state index in [1.54, 1.807) is 0 Å². The molecular formula is C10H9N3O4S. The predicted molar refractivity (Wildman–Crippen MR) is 62.8 cm³/mol. The summed E-state index contributed by atoms with van der Waals surface area (Å²) in [6.07, 6.45) is 2.86. The molecule has 0 fully saturated rings. The average molecular weight is 267 g/mol. The van der Waals surface area contributed by atoms with E-state index in [2.05, 4.69) is 14.7 Å². The van der Waals surface area contributed by atoms with Crippen LogP contribution in [-0.2, 0) is 10.0 Å². The minimum absolute atomic E-state index is 0.0655. The van der Waals surface area contributed by atoms with Crippen molar-refractivity contribution < 1.29 is 18.3 Å². The number of nitrogens with zero attached hydrogens (tertiary/aromatic N) is 1. The second-order valence-electron chi connectivity index (χ2n) is 3.38. The molecule has 2 aromatic rings. The number of anilines is 1. The van der Waals surface area contributed by atoms with Gasteiger partial charge in [-0.15, -0.1) is 0 Å². The average Bonchev–Trinajstić information content (AvgIpc) is 2.81. The van der Waals surface area contributed by atoms with E-state index in [4.69, 9.17) is 5.11 Å². The van der Waals surface area contributed by atoms with Crippen molar-refractivity contribution in [3.63, 3.8) is 0 Å². The molecule has 1 aromatic carbocycles. The molecule has 0 atom stereocenters. The normalized spacial score (nSPS) is 11.1. The van der Waals surface area contributed by atoms with Gasteiger partial charge in [-0.3, -0.25) is 0 Å². The topological polar surface area (TPSA) is 112 Å². The Bertz CT molecular complexity index is 664. The number of benzene rings is 1. The van der Waals surface area contributed by atoms with Crippen molar-refractivity contribution in [2.45, 2.75) is 4.90 Å². The number of hydrogen-bond acceptors (Lipinski definition) is 4. The van der Waals surface area contributed by atoms with E-state index in [1.807, 2.05) is 0 Å². The number of carboxylic acid groups (broad SMARTS) is 1. The first-order chi connectivity index (χ1) is 8.49. The molecule has 3 N–H and O–H groups in total. The molecule has 0 bridgehead atoms. The number of hydrogen-bond donors (Lipinski definition) is 3. The second-order valence-corrected chi connectivity index (χ2v) is 5.06. The number of H-pyrrole nitrogens is 1. The largest absolute Gasteiger partial charge is 0.478 e. The summed E-state index contributed by atoms with van der Waals surface area (Å²) >= 11 is 0. The molecule has 1 heterocycles. The molecule has 0 spiro atoms. The molecule has 0 radical (unpaired) electrons. The lowest BCUT2D eigenvalue weighted by Crippen LogP contribution is -2.14. The molecular weight excluding hydrogens is 258 g/mol. The zero-order chi connectivity index (χ0) is 13.2. The Hall–Kier alpha value is -2.35. The van der Waals surface area contributed by atoms with Gasteiger partial charge in [-0.1, -0.05) is 6.07 Å². The van der Waals surface area contributed by atoms with Crippen LogP contribution in [0.5, 0.6) is 0 Å². The molecule has 1 aromatic heterocycles. The maximum atomic E-state index is 11.9. The van der Waals surface area contributed by atoms with E-state index >= 15 is 0 Å². The van der Waals surface area contributed by atoms with Gasteiger partial charge < -0.3 is 10.1 Å². The third-order valence-corrected chi connectivity index (χ3v) is 3.46. The molecule has 94 valence electrons. The number of aromatic nitrogens is 2. The first-order valence-corrected chi connectivity index (χ1v) is 6.33. The van der Waals surface area contributed by atoms with Crippen LogP contribution in [0.3, 0.4) is 0 Å². The number of nitrogens with one attached hydrogen (secondary N) is 2. The Morgan fingerprint density at radius 3 is 2.78 bits per heavy atom. The SMILES string of the molecule is O=C(O)c1cccc(S(=O)(=O)Nc2ncc[nH]2)c1. The molecule has 0 amide bonds. The summed E-state index contributed by atoms with van der Waals surface area (Å²) in [5, 5.41) is 8.80. The Balaban J connectivity index is 2.35. The zero-order valence-electron chi connectivity index (χ0n) is 8.99. The monoisotopic (exact) mass is 267 g/mol. The summed E-state index contributed by atoms with van der Waals surface area (Å²) in [6, 6.07) is 5.06. The number of carboxylic acids is 1. The van der Waals surface area contributed by atoms with Gasteiger partial charge in [0.05, 0.1) is 10.5 Å². The number of rotatable bonds is 4.